The molecule has 0 aliphatic heterocycles. The van der Waals surface area contributed by atoms with E-state index in [1.165, 1.54) is 5.56 Å². The molecular weight excluding hydrogens is 260 g/mol. The minimum atomic E-state index is 0.709. The molecule has 2 nitrogen and oxygen atoms in total. The molecular formula is C10H13BrN2S. The molecule has 14 heavy (non-hydrogen) atoms. The van der Waals surface area contributed by atoms with Gasteiger partial charge in [0.05, 0.1) is 0 Å². The first-order valence-corrected chi connectivity index (χ1v) is 5.45. The van der Waals surface area contributed by atoms with Crippen molar-refractivity contribution in [2.45, 2.75) is 6.92 Å². The molecule has 1 aromatic carbocycles. The van der Waals surface area contributed by atoms with E-state index >= 15 is 0 Å². The molecule has 1 rings (SSSR count). The zero-order valence-corrected chi connectivity index (χ0v) is 10.9. The van der Waals surface area contributed by atoms with Crippen molar-refractivity contribution in [1.82, 2.24) is 4.90 Å². The minimum Gasteiger partial charge on any atom is -0.355 e. The molecule has 0 saturated heterocycles. The fourth-order valence-electron chi connectivity index (χ4n) is 0.906. The number of nitrogens with zero attached hydrogens (tertiary/aromatic N) is 1. The topological polar surface area (TPSA) is 15.3 Å². The number of rotatable bonds is 1. The first-order chi connectivity index (χ1) is 6.50. The van der Waals surface area contributed by atoms with Crippen molar-refractivity contribution in [3.05, 3.63) is 28.2 Å². The van der Waals surface area contributed by atoms with Crippen LogP contribution in [-0.4, -0.2) is 24.1 Å². The van der Waals surface area contributed by atoms with E-state index in [1.807, 2.05) is 37.2 Å². The number of benzene rings is 1. The fourth-order valence-corrected chi connectivity index (χ4v) is 1.40. The Morgan fingerprint density at radius 2 is 2.07 bits per heavy atom. The monoisotopic (exact) mass is 272 g/mol. The van der Waals surface area contributed by atoms with Gasteiger partial charge in [-0.2, -0.15) is 0 Å². The second-order valence-corrected chi connectivity index (χ2v) is 4.53. The molecule has 0 atom stereocenters. The normalized spacial score (nSPS) is 9.71. The molecule has 0 heterocycles. The van der Waals surface area contributed by atoms with Crippen molar-refractivity contribution in [3.63, 3.8) is 0 Å². The standard InChI is InChI=1S/C10H13BrN2S/c1-7-4-5-8(6-9(7)11)12-10(14)13(2)3/h4-6H,1-3H3,(H,12,14). The molecule has 0 amide bonds. The SMILES string of the molecule is Cc1ccc(NC(=S)N(C)C)cc1Br. The van der Waals surface area contributed by atoms with Gasteiger partial charge in [0.2, 0.25) is 0 Å². The van der Waals surface area contributed by atoms with Gasteiger partial charge in [-0.1, -0.05) is 22.0 Å². The van der Waals surface area contributed by atoms with E-state index in [-0.39, 0.29) is 0 Å². The smallest absolute Gasteiger partial charge is 0.172 e. The zero-order chi connectivity index (χ0) is 10.7. The van der Waals surface area contributed by atoms with Gasteiger partial charge in [0.25, 0.3) is 0 Å². The quantitative estimate of drug-likeness (QED) is 0.792. The number of nitrogens with one attached hydrogen (secondary N) is 1. The van der Waals surface area contributed by atoms with Gasteiger partial charge in [-0.3, -0.25) is 0 Å². The Morgan fingerprint density at radius 1 is 1.43 bits per heavy atom. The van der Waals surface area contributed by atoms with E-state index in [2.05, 4.69) is 28.2 Å². The van der Waals surface area contributed by atoms with Crippen molar-refractivity contribution < 1.29 is 0 Å². The number of aryl methyl sites for hydroxylation is 1. The van der Waals surface area contributed by atoms with E-state index in [4.69, 9.17) is 12.2 Å². The van der Waals surface area contributed by atoms with E-state index in [9.17, 15) is 0 Å². The molecule has 0 aliphatic carbocycles. The lowest BCUT2D eigenvalue weighted by atomic mass is 10.2. The predicted octanol–water partition coefficient (Wildman–Crippen LogP) is 3.02. The highest BCUT2D eigenvalue weighted by Gasteiger charge is 2.01. The molecule has 0 aromatic heterocycles. The van der Waals surface area contributed by atoms with Crippen LogP contribution in [0.15, 0.2) is 22.7 Å². The summed E-state index contributed by atoms with van der Waals surface area (Å²) in [6.45, 7) is 2.05. The first kappa shape index (κ1) is 11.5. The molecule has 0 aliphatic rings. The second-order valence-electron chi connectivity index (χ2n) is 3.29. The molecule has 0 unspecified atom stereocenters. The third kappa shape index (κ3) is 2.96. The summed E-state index contributed by atoms with van der Waals surface area (Å²) in [6.07, 6.45) is 0. The average Bonchev–Trinajstić information content (AvgIpc) is 2.11. The van der Waals surface area contributed by atoms with Crippen molar-refractivity contribution in [1.29, 1.82) is 0 Å². The summed E-state index contributed by atoms with van der Waals surface area (Å²) < 4.78 is 1.09. The average molecular weight is 273 g/mol. The van der Waals surface area contributed by atoms with Gasteiger partial charge in [-0.15, -0.1) is 0 Å². The van der Waals surface area contributed by atoms with E-state index in [1.54, 1.807) is 0 Å². The molecule has 0 spiro atoms. The number of anilines is 1. The Balaban J connectivity index is 2.78. The van der Waals surface area contributed by atoms with Crippen LogP contribution in [0.2, 0.25) is 0 Å². The van der Waals surface area contributed by atoms with Crippen molar-refractivity contribution in [2.24, 2.45) is 0 Å². The van der Waals surface area contributed by atoms with Gasteiger partial charge >= 0.3 is 0 Å². The van der Waals surface area contributed by atoms with Crippen LogP contribution in [0.4, 0.5) is 5.69 Å². The molecule has 0 radical (unpaired) electrons. The fraction of sp³-hybridized carbons (Fsp3) is 0.300. The van der Waals surface area contributed by atoms with E-state index in [0.717, 1.165) is 10.2 Å². The van der Waals surface area contributed by atoms with Crippen LogP contribution < -0.4 is 5.32 Å². The van der Waals surface area contributed by atoms with Crippen LogP contribution in [0.5, 0.6) is 0 Å². The van der Waals surface area contributed by atoms with Crippen molar-refractivity contribution in [2.75, 3.05) is 19.4 Å². The molecule has 4 heteroatoms. The second kappa shape index (κ2) is 4.75. The summed E-state index contributed by atoms with van der Waals surface area (Å²) >= 11 is 8.61. The summed E-state index contributed by atoms with van der Waals surface area (Å²) in [5.74, 6) is 0. The molecule has 0 fully saturated rings. The van der Waals surface area contributed by atoms with E-state index in [0.29, 0.717) is 5.11 Å². The number of thiocarbonyl (C=S) groups is 1. The third-order valence-corrected chi connectivity index (χ3v) is 3.15. The first-order valence-electron chi connectivity index (χ1n) is 4.25. The van der Waals surface area contributed by atoms with Crippen LogP contribution in [-0.2, 0) is 0 Å². The molecule has 1 N–H and O–H groups in total. The molecule has 0 saturated carbocycles. The highest BCUT2D eigenvalue weighted by molar-refractivity contribution is 9.10. The van der Waals surface area contributed by atoms with Crippen LogP contribution >= 0.6 is 28.1 Å². The third-order valence-electron chi connectivity index (χ3n) is 1.83. The van der Waals surface area contributed by atoms with Gasteiger partial charge in [-0.05, 0) is 36.8 Å². The lowest BCUT2D eigenvalue weighted by Gasteiger charge is -2.15. The summed E-state index contributed by atoms with van der Waals surface area (Å²) in [5, 5.41) is 3.85. The summed E-state index contributed by atoms with van der Waals surface area (Å²) in [7, 11) is 3.83. The summed E-state index contributed by atoms with van der Waals surface area (Å²) in [5.41, 5.74) is 2.22. The Labute approximate surface area is 98.4 Å². The van der Waals surface area contributed by atoms with Gasteiger partial charge < -0.3 is 10.2 Å². The van der Waals surface area contributed by atoms with Crippen LogP contribution in [0.1, 0.15) is 5.56 Å². The lowest BCUT2D eigenvalue weighted by molar-refractivity contribution is 0.634. The molecule has 76 valence electrons. The summed E-state index contributed by atoms with van der Waals surface area (Å²) in [6, 6.07) is 6.08. The van der Waals surface area contributed by atoms with Gasteiger partial charge in [0.1, 0.15) is 0 Å². The Kier molecular flexibility index (Phi) is 3.89. The Bertz CT molecular complexity index is 350. The molecule has 1 aromatic rings. The largest absolute Gasteiger partial charge is 0.355 e. The highest BCUT2D eigenvalue weighted by atomic mass is 79.9. The summed E-state index contributed by atoms with van der Waals surface area (Å²) in [4.78, 5) is 1.86. The Morgan fingerprint density at radius 3 is 2.57 bits per heavy atom. The van der Waals surface area contributed by atoms with Gasteiger partial charge in [-0.25, -0.2) is 0 Å². The lowest BCUT2D eigenvalue weighted by Crippen LogP contribution is -2.26. The van der Waals surface area contributed by atoms with Gasteiger partial charge in [0.15, 0.2) is 5.11 Å². The number of hydrogen-bond donors (Lipinski definition) is 1. The zero-order valence-electron chi connectivity index (χ0n) is 8.47. The minimum absolute atomic E-state index is 0.709. The maximum Gasteiger partial charge on any atom is 0.172 e. The van der Waals surface area contributed by atoms with Crippen molar-refractivity contribution in [3.8, 4) is 0 Å². The molecule has 0 bridgehead atoms. The van der Waals surface area contributed by atoms with Crippen LogP contribution in [0, 0.1) is 6.92 Å². The Hall–Kier alpha value is -0.610. The maximum absolute atomic E-state index is 5.14. The highest BCUT2D eigenvalue weighted by Crippen LogP contribution is 2.20. The van der Waals surface area contributed by atoms with Crippen LogP contribution in [0.3, 0.4) is 0 Å². The number of halogens is 1. The van der Waals surface area contributed by atoms with Crippen molar-refractivity contribution >= 4 is 38.9 Å². The van der Waals surface area contributed by atoms with Crippen LogP contribution in [0.25, 0.3) is 0 Å². The van der Waals surface area contributed by atoms with Gasteiger partial charge in [0, 0.05) is 24.3 Å². The van der Waals surface area contributed by atoms with E-state index < -0.39 is 0 Å². The maximum atomic E-state index is 5.14. The number of hydrogen-bond acceptors (Lipinski definition) is 1. The predicted molar refractivity (Wildman–Crippen MR) is 68.8 cm³/mol.